The number of nitrogens with one attached hydrogen (secondary N) is 1. The average Bonchev–Trinajstić information content (AvgIpc) is 3.43. The van der Waals surface area contributed by atoms with Gasteiger partial charge < -0.3 is 19.7 Å². The molecule has 2 heterocycles. The van der Waals surface area contributed by atoms with Crippen molar-refractivity contribution in [1.29, 1.82) is 0 Å². The van der Waals surface area contributed by atoms with Crippen molar-refractivity contribution in [2.24, 2.45) is 0 Å². The number of rotatable bonds is 6. The van der Waals surface area contributed by atoms with E-state index in [-0.39, 0.29) is 18.6 Å². The fourth-order valence-electron chi connectivity index (χ4n) is 3.05. The third-order valence-electron chi connectivity index (χ3n) is 4.60. The predicted octanol–water partition coefficient (Wildman–Crippen LogP) is 3.68. The smallest absolute Gasteiger partial charge is 0.261 e. The van der Waals surface area contributed by atoms with Gasteiger partial charge in [0.15, 0.2) is 11.5 Å². The van der Waals surface area contributed by atoms with Gasteiger partial charge in [-0.2, -0.15) is 0 Å². The summed E-state index contributed by atoms with van der Waals surface area (Å²) in [5.41, 5.74) is 2.50. The third-order valence-corrected chi connectivity index (χ3v) is 5.47. The highest BCUT2D eigenvalue weighted by Gasteiger charge is 2.16. The van der Waals surface area contributed by atoms with Crippen LogP contribution in [0, 0.1) is 0 Å². The normalized spacial score (nSPS) is 11.9. The molecule has 0 aliphatic carbocycles. The summed E-state index contributed by atoms with van der Waals surface area (Å²) in [6.45, 7) is 1.11. The zero-order chi connectivity index (χ0) is 20.2. The van der Waals surface area contributed by atoms with Crippen molar-refractivity contribution in [3.05, 3.63) is 81.5 Å². The van der Waals surface area contributed by atoms with E-state index < -0.39 is 0 Å². The van der Waals surface area contributed by atoms with Gasteiger partial charge in [0.2, 0.25) is 6.79 Å². The molecule has 1 N–H and O–H groups in total. The van der Waals surface area contributed by atoms with Gasteiger partial charge in [-0.05, 0) is 46.8 Å². The van der Waals surface area contributed by atoms with Crippen molar-refractivity contribution in [1.82, 2.24) is 10.2 Å². The Labute approximate surface area is 172 Å². The van der Waals surface area contributed by atoms with Crippen LogP contribution in [0.25, 0.3) is 0 Å². The van der Waals surface area contributed by atoms with E-state index in [0.717, 1.165) is 16.9 Å². The van der Waals surface area contributed by atoms with E-state index in [9.17, 15) is 9.59 Å². The van der Waals surface area contributed by atoms with Crippen molar-refractivity contribution < 1.29 is 19.1 Å². The van der Waals surface area contributed by atoms with Gasteiger partial charge in [-0.3, -0.25) is 9.59 Å². The number of nitrogens with zero attached hydrogens (tertiary/aromatic N) is 1. The van der Waals surface area contributed by atoms with Crippen LogP contribution in [0.4, 0.5) is 0 Å². The van der Waals surface area contributed by atoms with E-state index in [1.807, 2.05) is 41.8 Å². The largest absolute Gasteiger partial charge is 0.454 e. The Kier molecular flexibility index (Phi) is 5.48. The molecule has 0 bridgehead atoms. The maximum atomic E-state index is 12.7. The van der Waals surface area contributed by atoms with Gasteiger partial charge in [-0.15, -0.1) is 11.3 Å². The minimum atomic E-state index is -0.0939. The number of fused-ring (bicyclic) bond motifs is 1. The number of hydrogen-bond acceptors (Lipinski definition) is 5. The molecule has 3 aromatic rings. The quantitative estimate of drug-likeness (QED) is 0.676. The van der Waals surface area contributed by atoms with Gasteiger partial charge >= 0.3 is 0 Å². The molecule has 0 atom stereocenters. The molecule has 0 fully saturated rings. The topological polar surface area (TPSA) is 67.9 Å². The molecular formula is C22H20N2O4S. The summed E-state index contributed by atoms with van der Waals surface area (Å²) in [6, 6.07) is 16.6. The molecule has 0 radical (unpaired) electrons. The molecule has 6 nitrogen and oxygen atoms in total. The summed E-state index contributed by atoms with van der Waals surface area (Å²) in [7, 11) is 1.77. The Bertz CT molecular complexity index is 1020. The molecule has 1 aliphatic rings. The fraction of sp³-hybridized carbons (Fsp3) is 0.182. The van der Waals surface area contributed by atoms with Crippen molar-refractivity contribution in [2.75, 3.05) is 13.8 Å². The van der Waals surface area contributed by atoms with Crippen molar-refractivity contribution >= 4 is 23.2 Å². The summed E-state index contributed by atoms with van der Waals surface area (Å²) in [5, 5.41) is 4.75. The van der Waals surface area contributed by atoms with E-state index in [1.165, 1.54) is 11.3 Å². The molecule has 0 saturated carbocycles. The lowest BCUT2D eigenvalue weighted by atomic mass is 10.1. The van der Waals surface area contributed by atoms with E-state index in [2.05, 4.69) is 5.32 Å². The Morgan fingerprint density at radius 2 is 1.79 bits per heavy atom. The zero-order valence-corrected chi connectivity index (χ0v) is 16.7. The highest BCUT2D eigenvalue weighted by molar-refractivity contribution is 7.12. The first-order valence-corrected chi connectivity index (χ1v) is 10.0. The first-order valence-electron chi connectivity index (χ1n) is 9.15. The highest BCUT2D eigenvalue weighted by atomic mass is 32.1. The lowest BCUT2D eigenvalue weighted by Crippen LogP contribution is -2.26. The standard InChI is InChI=1S/C22H20N2O4S/c1-24(13-16-6-9-18-19(11-16)28-14-27-18)22(26)17-7-4-15(5-8-17)12-23-21(25)20-3-2-10-29-20/h2-11H,12-14H2,1H3,(H,23,25). The van der Waals surface area contributed by atoms with Crippen LogP contribution in [0.15, 0.2) is 60.0 Å². The van der Waals surface area contributed by atoms with E-state index in [1.54, 1.807) is 30.1 Å². The molecule has 1 aromatic heterocycles. The summed E-state index contributed by atoms with van der Waals surface area (Å²) in [5.74, 6) is 1.27. The van der Waals surface area contributed by atoms with Gasteiger partial charge in [0.1, 0.15) is 0 Å². The SMILES string of the molecule is CN(Cc1ccc2c(c1)OCO2)C(=O)c1ccc(CNC(=O)c2cccs2)cc1. The molecule has 1 aliphatic heterocycles. The monoisotopic (exact) mass is 408 g/mol. The van der Waals surface area contributed by atoms with Crippen LogP contribution < -0.4 is 14.8 Å². The lowest BCUT2D eigenvalue weighted by molar-refractivity contribution is 0.0784. The van der Waals surface area contributed by atoms with Gasteiger partial charge in [0, 0.05) is 25.7 Å². The van der Waals surface area contributed by atoms with E-state index in [0.29, 0.717) is 29.3 Å². The van der Waals surface area contributed by atoms with Gasteiger partial charge in [-0.1, -0.05) is 24.3 Å². The van der Waals surface area contributed by atoms with Crippen LogP contribution in [0.1, 0.15) is 31.2 Å². The Morgan fingerprint density at radius 3 is 2.55 bits per heavy atom. The molecule has 0 spiro atoms. The van der Waals surface area contributed by atoms with Gasteiger partial charge in [0.05, 0.1) is 4.88 Å². The zero-order valence-electron chi connectivity index (χ0n) is 15.9. The van der Waals surface area contributed by atoms with Crippen molar-refractivity contribution in [3.63, 3.8) is 0 Å². The number of hydrogen-bond donors (Lipinski definition) is 1. The van der Waals surface area contributed by atoms with Gasteiger partial charge in [-0.25, -0.2) is 0 Å². The van der Waals surface area contributed by atoms with Crippen molar-refractivity contribution in [3.8, 4) is 11.5 Å². The molecule has 0 unspecified atom stereocenters. The Hall–Kier alpha value is -3.32. The van der Waals surface area contributed by atoms with Gasteiger partial charge in [0.25, 0.3) is 11.8 Å². The number of carbonyl (C=O) groups is 2. The number of carbonyl (C=O) groups excluding carboxylic acids is 2. The maximum absolute atomic E-state index is 12.7. The molecule has 2 amide bonds. The minimum Gasteiger partial charge on any atom is -0.454 e. The number of ether oxygens (including phenoxy) is 2. The second kappa shape index (κ2) is 8.36. The molecular weight excluding hydrogens is 388 g/mol. The van der Waals surface area contributed by atoms with Crippen LogP contribution in [0.3, 0.4) is 0 Å². The van der Waals surface area contributed by atoms with E-state index in [4.69, 9.17) is 9.47 Å². The van der Waals surface area contributed by atoms with Crippen molar-refractivity contribution in [2.45, 2.75) is 13.1 Å². The van der Waals surface area contributed by atoms with Crippen LogP contribution >= 0.6 is 11.3 Å². The fourth-order valence-corrected chi connectivity index (χ4v) is 3.69. The van der Waals surface area contributed by atoms with Crippen LogP contribution in [-0.2, 0) is 13.1 Å². The van der Waals surface area contributed by atoms with E-state index >= 15 is 0 Å². The second-order valence-electron chi connectivity index (χ2n) is 6.71. The number of amides is 2. The maximum Gasteiger partial charge on any atom is 0.261 e. The average molecular weight is 408 g/mol. The summed E-state index contributed by atoms with van der Waals surface area (Å²) < 4.78 is 10.7. The summed E-state index contributed by atoms with van der Waals surface area (Å²) in [4.78, 5) is 27.1. The second-order valence-corrected chi connectivity index (χ2v) is 7.65. The first-order chi connectivity index (χ1) is 14.1. The van der Waals surface area contributed by atoms with Crippen LogP contribution in [-0.4, -0.2) is 30.6 Å². The number of benzene rings is 2. The Morgan fingerprint density at radius 1 is 1.03 bits per heavy atom. The minimum absolute atomic E-state index is 0.0724. The molecule has 2 aromatic carbocycles. The molecule has 29 heavy (non-hydrogen) atoms. The number of thiophene rings is 1. The Balaban J connectivity index is 1.34. The third kappa shape index (κ3) is 4.41. The summed E-state index contributed by atoms with van der Waals surface area (Å²) >= 11 is 1.41. The molecule has 7 heteroatoms. The predicted molar refractivity (Wildman–Crippen MR) is 110 cm³/mol. The summed E-state index contributed by atoms with van der Waals surface area (Å²) in [6.07, 6.45) is 0. The van der Waals surface area contributed by atoms with Crippen LogP contribution in [0.2, 0.25) is 0 Å². The molecule has 0 saturated heterocycles. The molecule has 148 valence electrons. The molecule has 4 rings (SSSR count). The van der Waals surface area contributed by atoms with Crippen LogP contribution in [0.5, 0.6) is 11.5 Å². The highest BCUT2D eigenvalue weighted by Crippen LogP contribution is 2.32. The first kappa shape index (κ1) is 19.0. The lowest BCUT2D eigenvalue weighted by Gasteiger charge is -2.18.